The maximum atomic E-state index is 13.7. The SMILES string of the molecule is CCNc1ncc(F)c(Nc2cccc(Cl)c2C)n1. The van der Waals surface area contributed by atoms with E-state index in [2.05, 4.69) is 20.6 Å². The molecule has 1 heterocycles. The number of aromatic nitrogens is 2. The zero-order chi connectivity index (χ0) is 13.8. The lowest BCUT2D eigenvalue weighted by atomic mass is 10.2. The summed E-state index contributed by atoms with van der Waals surface area (Å²) in [6.07, 6.45) is 1.13. The Balaban J connectivity index is 2.32. The molecular weight excluding hydrogens is 267 g/mol. The molecule has 0 aliphatic rings. The fourth-order valence-corrected chi connectivity index (χ4v) is 1.74. The summed E-state index contributed by atoms with van der Waals surface area (Å²) in [5.74, 6) is -0.0107. The monoisotopic (exact) mass is 280 g/mol. The van der Waals surface area contributed by atoms with Crippen molar-refractivity contribution in [1.82, 2.24) is 9.97 Å². The Hall–Kier alpha value is -1.88. The van der Waals surface area contributed by atoms with Gasteiger partial charge in [-0.15, -0.1) is 0 Å². The van der Waals surface area contributed by atoms with Crippen molar-refractivity contribution >= 4 is 29.1 Å². The lowest BCUT2D eigenvalue weighted by Gasteiger charge is -2.11. The Kier molecular flexibility index (Phi) is 4.16. The molecule has 2 N–H and O–H groups in total. The molecule has 0 saturated carbocycles. The van der Waals surface area contributed by atoms with Crippen LogP contribution in [0.15, 0.2) is 24.4 Å². The average Bonchev–Trinajstić information content (AvgIpc) is 2.39. The number of nitrogens with one attached hydrogen (secondary N) is 2. The van der Waals surface area contributed by atoms with Crippen molar-refractivity contribution in [3.05, 3.63) is 40.8 Å². The van der Waals surface area contributed by atoms with Gasteiger partial charge >= 0.3 is 0 Å². The van der Waals surface area contributed by atoms with Gasteiger partial charge < -0.3 is 10.6 Å². The average molecular weight is 281 g/mol. The van der Waals surface area contributed by atoms with E-state index in [0.29, 0.717) is 23.2 Å². The molecular formula is C13H14ClFN4. The summed E-state index contributed by atoms with van der Waals surface area (Å²) in [6, 6.07) is 5.39. The van der Waals surface area contributed by atoms with Gasteiger partial charge in [-0.2, -0.15) is 4.98 Å². The Labute approximate surface area is 116 Å². The number of nitrogens with zero attached hydrogens (tertiary/aromatic N) is 2. The van der Waals surface area contributed by atoms with Crippen molar-refractivity contribution < 1.29 is 4.39 Å². The lowest BCUT2D eigenvalue weighted by molar-refractivity contribution is 0.619. The van der Waals surface area contributed by atoms with Crippen molar-refractivity contribution in [3.63, 3.8) is 0 Å². The normalized spacial score (nSPS) is 10.3. The molecule has 0 fully saturated rings. The van der Waals surface area contributed by atoms with Crippen LogP contribution in [0, 0.1) is 12.7 Å². The summed E-state index contributed by atoms with van der Waals surface area (Å²) >= 11 is 6.02. The molecule has 0 aliphatic heterocycles. The summed E-state index contributed by atoms with van der Waals surface area (Å²) in [5, 5.41) is 6.48. The lowest BCUT2D eigenvalue weighted by Crippen LogP contribution is -2.06. The minimum absolute atomic E-state index is 0.122. The van der Waals surface area contributed by atoms with Gasteiger partial charge in [-0.05, 0) is 31.5 Å². The molecule has 0 radical (unpaired) electrons. The minimum atomic E-state index is -0.513. The second-order valence-electron chi connectivity index (χ2n) is 3.96. The van der Waals surface area contributed by atoms with E-state index in [-0.39, 0.29) is 5.82 Å². The number of rotatable bonds is 4. The van der Waals surface area contributed by atoms with E-state index in [0.717, 1.165) is 11.8 Å². The summed E-state index contributed by atoms with van der Waals surface area (Å²) in [5.41, 5.74) is 1.56. The number of hydrogen-bond donors (Lipinski definition) is 2. The van der Waals surface area contributed by atoms with Crippen molar-refractivity contribution in [3.8, 4) is 0 Å². The van der Waals surface area contributed by atoms with E-state index < -0.39 is 5.82 Å². The third kappa shape index (κ3) is 3.12. The quantitative estimate of drug-likeness (QED) is 0.895. The third-order valence-electron chi connectivity index (χ3n) is 2.60. The number of hydrogen-bond acceptors (Lipinski definition) is 4. The highest BCUT2D eigenvalue weighted by Crippen LogP contribution is 2.26. The van der Waals surface area contributed by atoms with Crippen molar-refractivity contribution in [2.75, 3.05) is 17.2 Å². The van der Waals surface area contributed by atoms with Crippen LogP contribution in [0.2, 0.25) is 5.02 Å². The molecule has 4 nitrogen and oxygen atoms in total. The van der Waals surface area contributed by atoms with Crippen molar-refractivity contribution in [1.29, 1.82) is 0 Å². The Morgan fingerprint density at radius 1 is 1.37 bits per heavy atom. The predicted octanol–water partition coefficient (Wildman–Crippen LogP) is 3.75. The number of anilines is 3. The molecule has 0 aliphatic carbocycles. The van der Waals surface area contributed by atoms with Gasteiger partial charge in [0.1, 0.15) is 0 Å². The van der Waals surface area contributed by atoms with Crippen LogP contribution in [0.4, 0.5) is 21.8 Å². The highest BCUT2D eigenvalue weighted by atomic mass is 35.5. The molecule has 6 heteroatoms. The van der Waals surface area contributed by atoms with Gasteiger partial charge in [-0.25, -0.2) is 9.37 Å². The first-order valence-electron chi connectivity index (χ1n) is 5.90. The second-order valence-corrected chi connectivity index (χ2v) is 4.37. The van der Waals surface area contributed by atoms with E-state index in [9.17, 15) is 4.39 Å². The Morgan fingerprint density at radius 2 is 2.16 bits per heavy atom. The van der Waals surface area contributed by atoms with Crippen LogP contribution < -0.4 is 10.6 Å². The van der Waals surface area contributed by atoms with Crippen LogP contribution in [0.5, 0.6) is 0 Å². The maximum Gasteiger partial charge on any atom is 0.224 e. The first-order valence-corrected chi connectivity index (χ1v) is 6.28. The number of halogens is 2. The fourth-order valence-electron chi connectivity index (χ4n) is 1.57. The zero-order valence-electron chi connectivity index (χ0n) is 10.7. The van der Waals surface area contributed by atoms with E-state index in [1.807, 2.05) is 19.9 Å². The molecule has 19 heavy (non-hydrogen) atoms. The molecule has 1 aromatic carbocycles. The van der Waals surface area contributed by atoms with E-state index in [1.54, 1.807) is 12.1 Å². The summed E-state index contributed by atoms with van der Waals surface area (Å²) in [4.78, 5) is 7.92. The van der Waals surface area contributed by atoms with Crippen LogP contribution in [-0.2, 0) is 0 Å². The molecule has 2 aromatic rings. The van der Waals surface area contributed by atoms with Gasteiger partial charge in [-0.1, -0.05) is 17.7 Å². The smallest absolute Gasteiger partial charge is 0.224 e. The van der Waals surface area contributed by atoms with Crippen LogP contribution in [0.25, 0.3) is 0 Å². The minimum Gasteiger partial charge on any atom is -0.354 e. The molecule has 100 valence electrons. The second kappa shape index (κ2) is 5.84. The Morgan fingerprint density at radius 3 is 2.89 bits per heavy atom. The van der Waals surface area contributed by atoms with Crippen LogP contribution in [-0.4, -0.2) is 16.5 Å². The molecule has 1 aromatic heterocycles. The first kappa shape index (κ1) is 13.5. The van der Waals surface area contributed by atoms with Crippen LogP contribution in [0.1, 0.15) is 12.5 Å². The van der Waals surface area contributed by atoms with E-state index in [4.69, 9.17) is 11.6 Å². The van der Waals surface area contributed by atoms with E-state index in [1.165, 1.54) is 0 Å². The summed E-state index contributed by atoms with van der Waals surface area (Å²) < 4.78 is 13.7. The maximum absolute atomic E-state index is 13.7. The van der Waals surface area contributed by atoms with Gasteiger partial charge in [0.15, 0.2) is 11.6 Å². The molecule has 0 spiro atoms. The summed E-state index contributed by atoms with van der Waals surface area (Å²) in [6.45, 7) is 4.44. The van der Waals surface area contributed by atoms with Gasteiger partial charge in [-0.3, -0.25) is 0 Å². The van der Waals surface area contributed by atoms with Gasteiger partial charge in [0.25, 0.3) is 0 Å². The molecule has 0 bridgehead atoms. The van der Waals surface area contributed by atoms with Gasteiger partial charge in [0.2, 0.25) is 5.95 Å². The standard InChI is InChI=1S/C13H14ClFN4/c1-3-16-13-17-7-10(15)12(19-13)18-11-6-4-5-9(14)8(11)2/h4-7H,3H2,1-2H3,(H2,16,17,18,19). The largest absolute Gasteiger partial charge is 0.354 e. The highest BCUT2D eigenvalue weighted by molar-refractivity contribution is 6.31. The predicted molar refractivity (Wildman–Crippen MR) is 75.6 cm³/mol. The molecule has 0 saturated heterocycles. The molecule has 0 atom stereocenters. The number of benzene rings is 1. The molecule has 0 unspecified atom stereocenters. The highest BCUT2D eigenvalue weighted by Gasteiger charge is 2.09. The van der Waals surface area contributed by atoms with Crippen molar-refractivity contribution in [2.24, 2.45) is 0 Å². The topological polar surface area (TPSA) is 49.8 Å². The summed E-state index contributed by atoms with van der Waals surface area (Å²) in [7, 11) is 0. The fraction of sp³-hybridized carbons (Fsp3) is 0.231. The van der Waals surface area contributed by atoms with Crippen molar-refractivity contribution in [2.45, 2.75) is 13.8 Å². The van der Waals surface area contributed by atoms with Gasteiger partial charge in [0, 0.05) is 17.3 Å². The molecule has 2 rings (SSSR count). The first-order chi connectivity index (χ1) is 9.11. The van der Waals surface area contributed by atoms with Gasteiger partial charge in [0.05, 0.1) is 6.20 Å². The van der Waals surface area contributed by atoms with Crippen LogP contribution >= 0.6 is 11.6 Å². The third-order valence-corrected chi connectivity index (χ3v) is 3.01. The van der Waals surface area contributed by atoms with Crippen LogP contribution in [0.3, 0.4) is 0 Å². The molecule has 0 amide bonds. The Bertz CT molecular complexity index is 589. The zero-order valence-corrected chi connectivity index (χ0v) is 11.4. The van der Waals surface area contributed by atoms with E-state index >= 15 is 0 Å².